The third kappa shape index (κ3) is 2.48. The van der Waals surface area contributed by atoms with Gasteiger partial charge in [0.1, 0.15) is 17.6 Å². The first-order valence-corrected chi connectivity index (χ1v) is 6.22. The molecule has 2 atom stereocenters. The number of carbonyl (C=O) groups excluding carboxylic acids is 1. The zero-order valence-electron chi connectivity index (χ0n) is 11.1. The number of hydrogen-bond donors (Lipinski definition) is 2. The van der Waals surface area contributed by atoms with Crippen LogP contribution in [0.1, 0.15) is 25.1 Å². The molecule has 8 nitrogen and oxygen atoms in total. The van der Waals surface area contributed by atoms with Gasteiger partial charge in [0.05, 0.1) is 12.2 Å². The third-order valence-corrected chi connectivity index (χ3v) is 3.04. The molecule has 2 heterocycles. The molecule has 0 bridgehead atoms. The van der Waals surface area contributed by atoms with Gasteiger partial charge >= 0.3 is 6.03 Å². The molecule has 0 radical (unpaired) electrons. The summed E-state index contributed by atoms with van der Waals surface area (Å²) in [6.45, 7) is 2.32. The van der Waals surface area contributed by atoms with E-state index in [9.17, 15) is 4.79 Å². The van der Waals surface area contributed by atoms with Gasteiger partial charge in [-0.2, -0.15) is 4.99 Å². The predicted octanol–water partition coefficient (Wildman–Crippen LogP) is -0.484. The van der Waals surface area contributed by atoms with Gasteiger partial charge in [-0.3, -0.25) is 9.58 Å². The Balaban J connectivity index is 2.25. The monoisotopic (exact) mass is 276 g/mol. The predicted molar refractivity (Wildman–Crippen MR) is 71.6 cm³/mol. The van der Waals surface area contributed by atoms with E-state index >= 15 is 0 Å². The fraction of sp³-hybridized carbons (Fsp3) is 0.500. The Morgan fingerprint density at radius 3 is 3.05 bits per heavy atom. The smallest absolute Gasteiger partial charge is 0.347 e. The van der Waals surface area contributed by atoms with Crippen LogP contribution in [0.5, 0.6) is 0 Å². The second kappa shape index (κ2) is 5.71. The quantitative estimate of drug-likeness (QED) is 0.706. The molecule has 3 N–H and O–H groups in total. The van der Waals surface area contributed by atoms with Gasteiger partial charge in [-0.15, -0.1) is 11.5 Å². The summed E-state index contributed by atoms with van der Waals surface area (Å²) in [6, 6.07) is -1.50. The van der Waals surface area contributed by atoms with E-state index in [-0.39, 0.29) is 12.4 Å². The second-order valence-corrected chi connectivity index (χ2v) is 4.46. The van der Waals surface area contributed by atoms with Gasteiger partial charge < -0.3 is 10.8 Å². The van der Waals surface area contributed by atoms with Crippen molar-refractivity contribution < 1.29 is 9.90 Å². The Morgan fingerprint density at radius 1 is 1.65 bits per heavy atom. The van der Waals surface area contributed by atoms with Crippen LogP contribution in [0.3, 0.4) is 0 Å². The summed E-state index contributed by atoms with van der Waals surface area (Å²) in [7, 11) is 0. The van der Waals surface area contributed by atoms with Crippen molar-refractivity contribution >= 4 is 11.9 Å². The molecule has 20 heavy (non-hydrogen) atoms. The van der Waals surface area contributed by atoms with Crippen molar-refractivity contribution in [1.29, 1.82) is 0 Å². The molecule has 8 heteroatoms. The first kappa shape index (κ1) is 14.0. The van der Waals surface area contributed by atoms with E-state index in [4.69, 9.17) is 17.3 Å². The zero-order valence-corrected chi connectivity index (χ0v) is 11.1. The van der Waals surface area contributed by atoms with Crippen LogP contribution in [0.25, 0.3) is 0 Å². The van der Waals surface area contributed by atoms with E-state index < -0.39 is 18.1 Å². The van der Waals surface area contributed by atoms with Crippen LogP contribution >= 0.6 is 0 Å². The molecule has 1 aliphatic rings. The van der Waals surface area contributed by atoms with Crippen molar-refractivity contribution in [3.05, 3.63) is 11.9 Å². The number of rotatable bonds is 5. The Labute approximate surface area is 116 Å². The number of carbonyl (C=O) groups is 1. The zero-order chi connectivity index (χ0) is 14.7. The molecule has 0 saturated carbocycles. The molecule has 2 unspecified atom stereocenters. The van der Waals surface area contributed by atoms with E-state index in [1.54, 1.807) is 17.8 Å². The molecule has 0 spiro atoms. The van der Waals surface area contributed by atoms with Crippen molar-refractivity contribution in [2.24, 2.45) is 10.7 Å². The van der Waals surface area contributed by atoms with Gasteiger partial charge in [-0.1, -0.05) is 11.1 Å². The summed E-state index contributed by atoms with van der Waals surface area (Å²) < 4.78 is 1.58. The maximum absolute atomic E-state index is 11.8. The molecule has 106 valence electrons. The highest BCUT2D eigenvalue weighted by atomic mass is 16.3. The summed E-state index contributed by atoms with van der Waals surface area (Å²) in [5.74, 6) is 2.65. The van der Waals surface area contributed by atoms with Crippen LogP contribution in [0.15, 0.2) is 11.2 Å². The lowest BCUT2D eigenvalue weighted by atomic mass is 10.1. The number of hydrogen-bond acceptors (Lipinski definition) is 5. The van der Waals surface area contributed by atoms with Crippen molar-refractivity contribution in [2.75, 3.05) is 6.61 Å². The van der Waals surface area contributed by atoms with Gasteiger partial charge in [0.2, 0.25) is 0 Å². The number of amides is 2. The molecular formula is C12H16N6O2. The highest BCUT2D eigenvalue weighted by Gasteiger charge is 2.38. The Bertz CT molecular complexity index is 573. The highest BCUT2D eigenvalue weighted by Crippen LogP contribution is 2.27. The molecule has 1 aromatic rings. The number of nitrogens with two attached hydrogens (primary N) is 1. The molecule has 1 aromatic heterocycles. The van der Waals surface area contributed by atoms with E-state index in [0.717, 1.165) is 0 Å². The van der Waals surface area contributed by atoms with E-state index in [1.807, 2.05) is 0 Å². The summed E-state index contributed by atoms with van der Waals surface area (Å²) in [6.07, 6.45) is 7.61. The lowest BCUT2D eigenvalue weighted by Crippen LogP contribution is -2.39. The van der Waals surface area contributed by atoms with Gasteiger partial charge in [0.15, 0.2) is 0 Å². The second-order valence-electron chi connectivity index (χ2n) is 4.46. The minimum absolute atomic E-state index is 0.0704. The van der Waals surface area contributed by atoms with E-state index in [0.29, 0.717) is 18.7 Å². The number of nitrogens with zero attached hydrogens (tertiary/aromatic N) is 5. The summed E-state index contributed by atoms with van der Waals surface area (Å²) in [4.78, 5) is 17.0. The normalized spacial score (nSPS) is 19.9. The van der Waals surface area contributed by atoms with Crippen molar-refractivity contribution in [3.8, 4) is 12.3 Å². The molecule has 1 aliphatic heterocycles. The molecule has 0 saturated heterocycles. The van der Waals surface area contributed by atoms with Crippen LogP contribution in [0.2, 0.25) is 0 Å². The average Bonchev–Trinajstić information content (AvgIpc) is 2.99. The van der Waals surface area contributed by atoms with Crippen LogP contribution < -0.4 is 5.73 Å². The Hall–Kier alpha value is -2.40. The Morgan fingerprint density at radius 2 is 2.40 bits per heavy atom. The molecule has 2 amide bonds. The third-order valence-electron chi connectivity index (χ3n) is 3.04. The number of aliphatic imine (C=N–C) groups is 1. The summed E-state index contributed by atoms with van der Waals surface area (Å²) >= 11 is 0. The fourth-order valence-corrected chi connectivity index (χ4v) is 2.03. The van der Waals surface area contributed by atoms with E-state index in [1.165, 1.54) is 4.90 Å². The fourth-order valence-electron chi connectivity index (χ4n) is 2.03. The van der Waals surface area contributed by atoms with E-state index in [2.05, 4.69) is 21.2 Å². The number of aryl methyl sites for hydroxylation is 1. The van der Waals surface area contributed by atoms with Gasteiger partial charge in [-0.05, 0) is 13.3 Å². The van der Waals surface area contributed by atoms with Gasteiger partial charge in [-0.25, -0.2) is 4.79 Å². The largest absolute Gasteiger partial charge is 0.396 e. The number of aromatic nitrogens is 3. The van der Waals surface area contributed by atoms with Crippen LogP contribution in [-0.2, 0) is 6.54 Å². The first-order valence-electron chi connectivity index (χ1n) is 6.22. The maximum atomic E-state index is 11.8. The number of urea groups is 1. The molecule has 0 aliphatic carbocycles. The number of terminal acetylenes is 1. The highest BCUT2D eigenvalue weighted by molar-refractivity contribution is 6.03. The summed E-state index contributed by atoms with van der Waals surface area (Å²) in [5.41, 5.74) is 6.31. The van der Waals surface area contributed by atoms with Gasteiger partial charge in [0.25, 0.3) is 0 Å². The van der Waals surface area contributed by atoms with Crippen molar-refractivity contribution in [2.45, 2.75) is 32.0 Å². The average molecular weight is 276 g/mol. The molecule has 2 rings (SSSR count). The standard InChI is InChI=1S/C12H16N6O2/c1-3-8(2)18-10(11(13)14-12(18)20)9-7-17(16-15-9)5-4-6-19/h1,7-8,10,19H,4-6H2,2H3,(H2,13,14,20). The minimum atomic E-state index is -0.587. The number of amidine groups is 1. The lowest BCUT2D eigenvalue weighted by molar-refractivity contribution is 0.198. The molecular weight excluding hydrogens is 260 g/mol. The first-order chi connectivity index (χ1) is 9.58. The topological polar surface area (TPSA) is 110 Å². The molecule has 0 aromatic carbocycles. The lowest BCUT2D eigenvalue weighted by Gasteiger charge is -2.25. The number of aliphatic hydroxyl groups is 1. The van der Waals surface area contributed by atoms with Crippen LogP contribution in [0.4, 0.5) is 4.79 Å². The maximum Gasteiger partial charge on any atom is 0.347 e. The van der Waals surface area contributed by atoms with Crippen LogP contribution in [0, 0.1) is 12.3 Å². The van der Waals surface area contributed by atoms with Gasteiger partial charge in [0, 0.05) is 13.2 Å². The van der Waals surface area contributed by atoms with Crippen molar-refractivity contribution in [3.63, 3.8) is 0 Å². The van der Waals surface area contributed by atoms with Crippen molar-refractivity contribution in [1.82, 2.24) is 19.9 Å². The summed E-state index contributed by atoms with van der Waals surface area (Å²) in [5, 5.41) is 16.7. The number of aliphatic hydroxyl groups excluding tert-OH is 1. The Kier molecular flexibility index (Phi) is 4.00. The van der Waals surface area contributed by atoms with Crippen LogP contribution in [-0.4, -0.2) is 49.5 Å². The SMILES string of the molecule is C#CC(C)N1C(=O)N=C(N)C1c1cn(CCCO)nn1. The minimum Gasteiger partial charge on any atom is -0.396 e. The molecule has 0 fully saturated rings.